The Bertz CT molecular complexity index is 685. The fraction of sp³-hybridized carbons (Fsp3) is 0.385. The number of amides is 2. The Kier molecular flexibility index (Phi) is 3.80. The number of rotatable bonds is 4. The van der Waals surface area contributed by atoms with E-state index >= 15 is 0 Å². The molecule has 3 N–H and O–H groups in total. The molecular formula is C13H14F2N6O2. The van der Waals surface area contributed by atoms with Crippen LogP contribution in [0.3, 0.4) is 0 Å². The zero-order valence-corrected chi connectivity index (χ0v) is 11.9. The third-order valence-electron chi connectivity index (χ3n) is 3.64. The number of nitrogens with zero attached hydrogens (tertiary/aromatic N) is 3. The first kappa shape index (κ1) is 15.1. The van der Waals surface area contributed by atoms with Gasteiger partial charge in [0.1, 0.15) is 0 Å². The van der Waals surface area contributed by atoms with E-state index in [-0.39, 0.29) is 12.1 Å². The van der Waals surface area contributed by atoms with Crippen LogP contribution in [-0.2, 0) is 0 Å². The quantitative estimate of drug-likeness (QED) is 0.757. The van der Waals surface area contributed by atoms with Gasteiger partial charge >= 0.3 is 0 Å². The molecule has 0 spiro atoms. The highest BCUT2D eigenvalue weighted by Gasteiger charge is 2.47. The minimum atomic E-state index is -2.98. The fourth-order valence-corrected chi connectivity index (χ4v) is 2.54. The molecule has 2 amide bonds. The zero-order chi connectivity index (χ0) is 16.4. The Morgan fingerprint density at radius 3 is 2.52 bits per heavy atom. The zero-order valence-electron chi connectivity index (χ0n) is 11.9. The topological polar surface area (TPSA) is 107 Å². The van der Waals surface area contributed by atoms with Crippen molar-refractivity contribution in [1.29, 1.82) is 0 Å². The van der Waals surface area contributed by atoms with Gasteiger partial charge in [-0.25, -0.2) is 8.78 Å². The number of likely N-dealkylation sites (tertiary alicyclic amines) is 1. The summed E-state index contributed by atoms with van der Waals surface area (Å²) in [6.07, 6.45) is 4.85. The minimum absolute atomic E-state index is 0.0663. The van der Waals surface area contributed by atoms with Crippen molar-refractivity contribution < 1.29 is 18.4 Å². The molecule has 1 aliphatic rings. The van der Waals surface area contributed by atoms with Gasteiger partial charge in [-0.05, 0) is 0 Å². The van der Waals surface area contributed by atoms with E-state index in [1.54, 1.807) is 0 Å². The van der Waals surface area contributed by atoms with Gasteiger partial charge in [-0.1, -0.05) is 0 Å². The molecule has 3 rings (SSSR count). The van der Waals surface area contributed by atoms with Gasteiger partial charge < -0.3 is 10.2 Å². The molecule has 2 aromatic rings. The van der Waals surface area contributed by atoms with Crippen LogP contribution in [-0.4, -0.2) is 62.2 Å². The molecule has 0 aromatic carbocycles. The molecule has 0 saturated carbocycles. The van der Waals surface area contributed by atoms with Crippen LogP contribution in [0.15, 0.2) is 24.8 Å². The molecule has 122 valence electrons. The molecule has 23 heavy (non-hydrogen) atoms. The maximum absolute atomic E-state index is 13.7. The van der Waals surface area contributed by atoms with E-state index in [1.807, 2.05) is 0 Å². The summed E-state index contributed by atoms with van der Waals surface area (Å²) in [7, 11) is 0. The first-order valence-electron chi connectivity index (χ1n) is 6.91. The van der Waals surface area contributed by atoms with Crippen LogP contribution in [0, 0.1) is 0 Å². The van der Waals surface area contributed by atoms with E-state index in [0.29, 0.717) is 5.56 Å². The highest BCUT2D eigenvalue weighted by molar-refractivity contribution is 5.95. The van der Waals surface area contributed by atoms with E-state index in [9.17, 15) is 18.4 Å². The molecule has 1 saturated heterocycles. The molecule has 3 heterocycles. The van der Waals surface area contributed by atoms with Crippen molar-refractivity contribution in [2.24, 2.45) is 0 Å². The van der Waals surface area contributed by atoms with Gasteiger partial charge in [0, 0.05) is 25.4 Å². The van der Waals surface area contributed by atoms with Crippen molar-refractivity contribution in [3.05, 3.63) is 35.9 Å². The Morgan fingerprint density at radius 1 is 1.26 bits per heavy atom. The van der Waals surface area contributed by atoms with Gasteiger partial charge in [0.05, 0.1) is 36.1 Å². The maximum atomic E-state index is 13.7. The number of aromatic nitrogens is 4. The number of halogens is 2. The number of carbonyl (C=O) groups is 2. The van der Waals surface area contributed by atoms with Crippen molar-refractivity contribution in [3.8, 4) is 0 Å². The Balaban J connectivity index is 1.68. The second-order valence-electron chi connectivity index (χ2n) is 5.33. The number of hydrogen-bond acceptors (Lipinski definition) is 4. The third kappa shape index (κ3) is 3.20. The van der Waals surface area contributed by atoms with Crippen molar-refractivity contribution in [1.82, 2.24) is 30.6 Å². The lowest BCUT2D eigenvalue weighted by Crippen LogP contribution is -2.43. The van der Waals surface area contributed by atoms with Crippen LogP contribution in [0.1, 0.15) is 27.1 Å². The van der Waals surface area contributed by atoms with Crippen molar-refractivity contribution in [2.45, 2.75) is 18.4 Å². The van der Waals surface area contributed by atoms with Crippen LogP contribution in [0.4, 0.5) is 8.78 Å². The van der Waals surface area contributed by atoms with E-state index < -0.39 is 36.7 Å². The van der Waals surface area contributed by atoms with Gasteiger partial charge in [-0.2, -0.15) is 10.2 Å². The Morgan fingerprint density at radius 2 is 1.91 bits per heavy atom. The largest absolute Gasteiger partial charge is 0.350 e. The molecule has 1 atom stereocenters. The van der Waals surface area contributed by atoms with Gasteiger partial charge in [-0.3, -0.25) is 19.8 Å². The van der Waals surface area contributed by atoms with Crippen LogP contribution in [0.2, 0.25) is 0 Å². The third-order valence-corrected chi connectivity index (χ3v) is 3.64. The minimum Gasteiger partial charge on any atom is -0.350 e. The predicted octanol–water partition coefficient (Wildman–Crippen LogP) is 0.413. The molecule has 0 radical (unpaired) electrons. The summed E-state index contributed by atoms with van der Waals surface area (Å²) in [5.74, 6) is -3.96. The normalized spacial score (nSPS) is 19.7. The summed E-state index contributed by atoms with van der Waals surface area (Å²) in [4.78, 5) is 25.2. The number of hydrogen-bond donors (Lipinski definition) is 3. The predicted molar refractivity (Wildman–Crippen MR) is 73.9 cm³/mol. The summed E-state index contributed by atoms with van der Waals surface area (Å²) >= 11 is 0. The molecule has 8 nitrogen and oxygen atoms in total. The number of nitrogens with one attached hydrogen (secondary N) is 3. The van der Waals surface area contributed by atoms with Crippen LogP contribution >= 0.6 is 0 Å². The first-order chi connectivity index (χ1) is 11.0. The molecule has 0 aliphatic carbocycles. The monoisotopic (exact) mass is 324 g/mol. The van der Waals surface area contributed by atoms with E-state index in [0.717, 1.165) is 4.90 Å². The van der Waals surface area contributed by atoms with E-state index in [4.69, 9.17) is 0 Å². The van der Waals surface area contributed by atoms with Gasteiger partial charge in [0.15, 0.2) is 0 Å². The molecule has 10 heteroatoms. The highest BCUT2D eigenvalue weighted by atomic mass is 19.3. The molecule has 2 aromatic heterocycles. The average molecular weight is 324 g/mol. The lowest BCUT2D eigenvalue weighted by atomic mass is 10.1. The number of H-pyrrole nitrogens is 2. The number of alkyl halides is 2. The highest BCUT2D eigenvalue weighted by Crippen LogP contribution is 2.32. The fourth-order valence-electron chi connectivity index (χ4n) is 2.54. The van der Waals surface area contributed by atoms with Gasteiger partial charge in [0.2, 0.25) is 0 Å². The SMILES string of the molecule is O=C(NC[C@@H]1CC(F)(F)CN1C(=O)c1cn[nH]c1)c1cn[nH]c1. The Hall–Kier alpha value is -2.78. The lowest BCUT2D eigenvalue weighted by Gasteiger charge is -2.23. The summed E-state index contributed by atoms with van der Waals surface area (Å²) in [5, 5.41) is 14.8. The smallest absolute Gasteiger partial charge is 0.267 e. The molecule has 1 fully saturated rings. The summed E-state index contributed by atoms with van der Waals surface area (Å²) in [5.41, 5.74) is 0.497. The average Bonchev–Trinajstić information content (AvgIpc) is 3.24. The van der Waals surface area contributed by atoms with Crippen LogP contribution in [0.25, 0.3) is 0 Å². The van der Waals surface area contributed by atoms with Crippen LogP contribution < -0.4 is 5.32 Å². The summed E-state index contributed by atoms with van der Waals surface area (Å²) in [6, 6.07) is -0.789. The van der Waals surface area contributed by atoms with Crippen molar-refractivity contribution in [2.75, 3.05) is 13.1 Å². The molecule has 0 unspecified atom stereocenters. The number of aromatic amines is 2. The summed E-state index contributed by atoms with van der Waals surface area (Å²) in [6.45, 7) is -0.744. The van der Waals surface area contributed by atoms with Crippen molar-refractivity contribution in [3.63, 3.8) is 0 Å². The molecular weight excluding hydrogens is 310 g/mol. The first-order valence-corrected chi connectivity index (χ1v) is 6.91. The van der Waals surface area contributed by atoms with E-state index in [2.05, 4.69) is 25.7 Å². The van der Waals surface area contributed by atoms with Crippen LogP contribution in [0.5, 0.6) is 0 Å². The number of carbonyl (C=O) groups excluding carboxylic acids is 2. The van der Waals surface area contributed by atoms with E-state index in [1.165, 1.54) is 24.8 Å². The maximum Gasteiger partial charge on any atom is 0.267 e. The standard InChI is InChI=1S/C13H14F2N6O2/c14-13(15)1-10(6-16-11(22)8-2-17-18-3-8)21(7-13)12(23)9-4-19-20-5-9/h2-5,10H,1,6-7H2,(H,16,22)(H,17,18)(H,19,20)/t10-/m0/s1. The molecule has 1 aliphatic heterocycles. The van der Waals surface area contributed by atoms with Crippen molar-refractivity contribution >= 4 is 11.8 Å². The Labute approximate surface area is 129 Å². The van der Waals surface area contributed by atoms with Gasteiger partial charge in [-0.15, -0.1) is 0 Å². The second-order valence-corrected chi connectivity index (χ2v) is 5.33. The lowest BCUT2D eigenvalue weighted by molar-refractivity contribution is 0.0118. The summed E-state index contributed by atoms with van der Waals surface area (Å²) < 4.78 is 27.4. The van der Waals surface area contributed by atoms with Gasteiger partial charge in [0.25, 0.3) is 17.7 Å². The molecule has 0 bridgehead atoms. The second kappa shape index (κ2) is 5.78.